The highest BCUT2D eigenvalue weighted by Gasteiger charge is 2.24. The number of benzene rings is 1. The first-order valence-electron chi connectivity index (χ1n) is 3.68. The lowest BCUT2D eigenvalue weighted by Gasteiger charge is -2.08. The van der Waals surface area contributed by atoms with Crippen molar-refractivity contribution in [3.05, 3.63) is 24.0 Å². The van der Waals surface area contributed by atoms with E-state index in [0.717, 1.165) is 18.2 Å². The first-order valence-corrected chi connectivity index (χ1v) is 5.22. The Balaban J connectivity index is 3.01. The zero-order valence-corrected chi connectivity index (χ0v) is 8.06. The van der Waals surface area contributed by atoms with Crippen LogP contribution in [-0.4, -0.2) is 14.2 Å². The monoisotopic (exact) mass is 240 g/mol. The molecule has 0 spiro atoms. The number of hydrogen-bond acceptors (Lipinski definition) is 3. The minimum atomic E-state index is -4.77. The SMILES string of the molecule is Nc1cc(F)ccc1NS(=O)(=O)C(F)F. The number of alkyl halides is 2. The number of nitrogen functional groups attached to an aromatic ring is 1. The van der Waals surface area contributed by atoms with Crippen molar-refractivity contribution in [3.63, 3.8) is 0 Å². The average Bonchev–Trinajstić information content (AvgIpc) is 2.09. The van der Waals surface area contributed by atoms with Gasteiger partial charge in [-0.25, -0.2) is 12.8 Å². The molecule has 0 aliphatic rings. The fraction of sp³-hybridized carbons (Fsp3) is 0.143. The van der Waals surface area contributed by atoms with Crippen LogP contribution in [-0.2, 0) is 10.0 Å². The molecule has 0 aliphatic carbocycles. The van der Waals surface area contributed by atoms with Crippen molar-refractivity contribution < 1.29 is 21.6 Å². The summed E-state index contributed by atoms with van der Waals surface area (Å²) in [7, 11) is -4.77. The number of nitrogens with two attached hydrogens (primary N) is 1. The Hall–Kier alpha value is -1.44. The molecule has 1 rings (SSSR count). The largest absolute Gasteiger partial charge is 0.397 e. The molecule has 0 aliphatic heterocycles. The molecule has 0 radical (unpaired) electrons. The first kappa shape index (κ1) is 11.6. The Morgan fingerprint density at radius 3 is 2.40 bits per heavy atom. The third-order valence-electron chi connectivity index (χ3n) is 1.50. The number of nitrogens with one attached hydrogen (secondary N) is 1. The molecular weight excluding hydrogens is 233 g/mol. The standard InChI is InChI=1S/C7H7F3N2O2S/c8-4-1-2-6(5(11)3-4)12-15(13,14)7(9)10/h1-3,7,12H,11H2. The molecule has 0 atom stereocenters. The molecule has 1 aromatic carbocycles. The van der Waals surface area contributed by atoms with E-state index >= 15 is 0 Å². The van der Waals surface area contributed by atoms with Gasteiger partial charge in [0, 0.05) is 0 Å². The van der Waals surface area contributed by atoms with Crippen LogP contribution in [0.5, 0.6) is 0 Å². The number of anilines is 2. The third kappa shape index (κ3) is 2.75. The van der Waals surface area contributed by atoms with Gasteiger partial charge in [0.2, 0.25) is 0 Å². The predicted molar refractivity (Wildman–Crippen MR) is 49.4 cm³/mol. The van der Waals surface area contributed by atoms with E-state index in [1.54, 1.807) is 4.72 Å². The third-order valence-corrected chi connectivity index (χ3v) is 2.47. The van der Waals surface area contributed by atoms with Gasteiger partial charge in [-0.1, -0.05) is 0 Å². The summed E-state index contributed by atoms with van der Waals surface area (Å²) >= 11 is 0. The normalized spacial score (nSPS) is 11.7. The average molecular weight is 240 g/mol. The van der Waals surface area contributed by atoms with E-state index in [-0.39, 0.29) is 11.4 Å². The zero-order valence-electron chi connectivity index (χ0n) is 7.25. The Morgan fingerprint density at radius 2 is 1.93 bits per heavy atom. The van der Waals surface area contributed by atoms with Crippen LogP contribution in [0.1, 0.15) is 0 Å². The van der Waals surface area contributed by atoms with Gasteiger partial charge in [0.1, 0.15) is 5.82 Å². The van der Waals surface area contributed by atoms with Gasteiger partial charge in [0.25, 0.3) is 10.0 Å². The molecule has 0 aromatic heterocycles. The maximum Gasteiger partial charge on any atom is 0.355 e. The van der Waals surface area contributed by atoms with E-state index in [2.05, 4.69) is 0 Å². The van der Waals surface area contributed by atoms with Gasteiger partial charge in [-0.05, 0) is 18.2 Å². The molecule has 0 unspecified atom stereocenters. The number of sulfonamides is 1. The second kappa shape index (κ2) is 3.97. The molecule has 15 heavy (non-hydrogen) atoms. The molecule has 3 N–H and O–H groups in total. The molecule has 4 nitrogen and oxygen atoms in total. The van der Waals surface area contributed by atoms with Crippen LogP contribution in [0.4, 0.5) is 24.5 Å². The molecule has 0 saturated heterocycles. The summed E-state index contributed by atoms with van der Waals surface area (Å²) in [5.74, 6) is -4.26. The fourth-order valence-corrected chi connectivity index (χ4v) is 1.41. The Bertz CT molecular complexity index is 461. The summed E-state index contributed by atoms with van der Waals surface area (Å²) in [6.45, 7) is 0. The van der Waals surface area contributed by atoms with Crippen LogP contribution in [0.3, 0.4) is 0 Å². The Morgan fingerprint density at radius 1 is 1.33 bits per heavy atom. The van der Waals surface area contributed by atoms with Crippen LogP contribution in [0.25, 0.3) is 0 Å². The lowest BCUT2D eigenvalue weighted by Crippen LogP contribution is -2.21. The van der Waals surface area contributed by atoms with Crippen molar-refractivity contribution in [2.24, 2.45) is 0 Å². The van der Waals surface area contributed by atoms with E-state index in [0.29, 0.717) is 0 Å². The Kier molecular flexibility index (Phi) is 3.08. The van der Waals surface area contributed by atoms with Crippen molar-refractivity contribution >= 4 is 21.4 Å². The zero-order chi connectivity index (χ0) is 11.6. The maximum atomic E-state index is 12.5. The molecule has 0 bridgehead atoms. The summed E-state index contributed by atoms with van der Waals surface area (Å²) in [4.78, 5) is 0. The van der Waals surface area contributed by atoms with Gasteiger partial charge < -0.3 is 5.73 Å². The Labute approximate surface area is 83.9 Å². The van der Waals surface area contributed by atoms with Crippen LogP contribution in [0, 0.1) is 5.82 Å². The molecular formula is C7H7F3N2O2S. The quantitative estimate of drug-likeness (QED) is 0.784. The fourth-order valence-electron chi connectivity index (χ4n) is 0.824. The van der Waals surface area contributed by atoms with Crippen LogP contribution < -0.4 is 10.5 Å². The topological polar surface area (TPSA) is 72.2 Å². The highest BCUT2D eigenvalue weighted by molar-refractivity contribution is 7.93. The smallest absolute Gasteiger partial charge is 0.355 e. The van der Waals surface area contributed by atoms with Crippen LogP contribution >= 0.6 is 0 Å². The summed E-state index contributed by atoms with van der Waals surface area (Å²) in [6.07, 6.45) is 0. The van der Waals surface area contributed by atoms with Gasteiger partial charge in [0.05, 0.1) is 11.4 Å². The van der Waals surface area contributed by atoms with E-state index in [9.17, 15) is 21.6 Å². The molecule has 0 fully saturated rings. The van der Waals surface area contributed by atoms with Crippen LogP contribution in [0.15, 0.2) is 18.2 Å². The summed E-state index contributed by atoms with van der Waals surface area (Å²) < 4.78 is 59.4. The lowest BCUT2D eigenvalue weighted by molar-refractivity contribution is 0.236. The van der Waals surface area contributed by atoms with Gasteiger partial charge in [-0.2, -0.15) is 8.78 Å². The molecule has 0 heterocycles. The van der Waals surface area contributed by atoms with E-state index in [1.807, 2.05) is 0 Å². The predicted octanol–water partition coefficient (Wildman–Crippen LogP) is 1.37. The van der Waals surface area contributed by atoms with Gasteiger partial charge in [-0.3, -0.25) is 4.72 Å². The van der Waals surface area contributed by atoms with E-state index in [4.69, 9.17) is 5.73 Å². The summed E-state index contributed by atoms with van der Waals surface area (Å²) in [5, 5.41) is 0. The number of halogens is 3. The molecule has 0 saturated carbocycles. The molecule has 8 heteroatoms. The highest BCUT2D eigenvalue weighted by atomic mass is 32.2. The number of rotatable bonds is 3. The van der Waals surface area contributed by atoms with Crippen molar-refractivity contribution in [1.29, 1.82) is 0 Å². The maximum absolute atomic E-state index is 12.5. The highest BCUT2D eigenvalue weighted by Crippen LogP contribution is 2.21. The first-order chi connectivity index (χ1) is 6.83. The minimum absolute atomic E-state index is 0.265. The minimum Gasteiger partial charge on any atom is -0.397 e. The summed E-state index contributed by atoms with van der Waals surface area (Å²) in [5.41, 5.74) is 4.67. The summed E-state index contributed by atoms with van der Waals surface area (Å²) in [6, 6.07) is 2.69. The van der Waals surface area contributed by atoms with Crippen molar-refractivity contribution in [2.75, 3.05) is 10.5 Å². The second-order valence-electron chi connectivity index (χ2n) is 2.64. The van der Waals surface area contributed by atoms with Crippen molar-refractivity contribution in [1.82, 2.24) is 0 Å². The van der Waals surface area contributed by atoms with Crippen molar-refractivity contribution in [3.8, 4) is 0 Å². The number of hydrogen-bond donors (Lipinski definition) is 2. The van der Waals surface area contributed by atoms with Crippen molar-refractivity contribution in [2.45, 2.75) is 5.76 Å². The molecule has 84 valence electrons. The van der Waals surface area contributed by atoms with E-state index in [1.165, 1.54) is 0 Å². The van der Waals surface area contributed by atoms with Crippen LogP contribution in [0.2, 0.25) is 0 Å². The lowest BCUT2D eigenvalue weighted by atomic mass is 10.3. The molecule has 1 aromatic rings. The molecule has 0 amide bonds. The van der Waals surface area contributed by atoms with E-state index < -0.39 is 21.6 Å². The van der Waals surface area contributed by atoms with Gasteiger partial charge >= 0.3 is 5.76 Å². The second-order valence-corrected chi connectivity index (χ2v) is 4.29. The van der Waals surface area contributed by atoms with Gasteiger partial charge in [0.15, 0.2) is 0 Å². The van der Waals surface area contributed by atoms with Gasteiger partial charge in [-0.15, -0.1) is 0 Å².